The smallest absolute Gasteiger partial charge is 0.0247 e. The molecule has 0 amide bonds. The Hall–Kier alpha value is 0.680. The van der Waals surface area contributed by atoms with Gasteiger partial charge in [0.2, 0.25) is 0 Å². The number of benzene rings is 1. The van der Waals surface area contributed by atoms with E-state index >= 15 is 0 Å². The predicted molar refractivity (Wildman–Crippen MR) is 71.3 cm³/mol. The lowest BCUT2D eigenvalue weighted by atomic mass is 10.1. The molecule has 0 bridgehead atoms. The van der Waals surface area contributed by atoms with Crippen LogP contribution in [-0.4, -0.2) is 0 Å². The van der Waals surface area contributed by atoms with Gasteiger partial charge in [0.1, 0.15) is 0 Å². The molecule has 1 aromatic rings. The van der Waals surface area contributed by atoms with Crippen LogP contribution in [0.15, 0.2) is 18.2 Å². The van der Waals surface area contributed by atoms with Crippen molar-refractivity contribution >= 4 is 45.2 Å². The highest BCUT2D eigenvalue weighted by atomic mass is 127. The zero-order chi connectivity index (χ0) is 8.97. The third kappa shape index (κ3) is 2.87. The Kier molecular flexibility index (Phi) is 4.86. The highest BCUT2D eigenvalue weighted by Crippen LogP contribution is 2.16. The number of hydrogen-bond donors (Lipinski definition) is 0. The summed E-state index contributed by atoms with van der Waals surface area (Å²) in [5, 5.41) is 0. The maximum atomic E-state index is 2.42. The first kappa shape index (κ1) is 10.8. The molecule has 0 aliphatic rings. The Morgan fingerprint density at radius 1 is 0.917 bits per heavy atom. The van der Waals surface area contributed by atoms with E-state index in [0.717, 1.165) is 15.3 Å². The second-order valence-electron chi connectivity index (χ2n) is 2.78. The van der Waals surface area contributed by atoms with E-state index < -0.39 is 0 Å². The van der Waals surface area contributed by atoms with Crippen LogP contribution in [0.5, 0.6) is 0 Å². The van der Waals surface area contributed by atoms with Crippen molar-refractivity contribution in [1.82, 2.24) is 0 Å². The van der Waals surface area contributed by atoms with Gasteiger partial charge in [-0.2, -0.15) is 0 Å². The predicted octanol–water partition coefficient (Wildman–Crippen LogP) is 4.12. The van der Waals surface area contributed by atoms with Gasteiger partial charge in [-0.15, -0.1) is 0 Å². The van der Waals surface area contributed by atoms with Crippen molar-refractivity contribution in [3.05, 3.63) is 34.9 Å². The highest BCUT2D eigenvalue weighted by Gasteiger charge is 1.97. The summed E-state index contributed by atoms with van der Waals surface area (Å²) in [6.45, 7) is 2.21. The Morgan fingerprint density at radius 2 is 1.33 bits per heavy atom. The number of alkyl halides is 2. The normalized spacial score (nSPS) is 10.2. The van der Waals surface area contributed by atoms with E-state index in [1.54, 1.807) is 0 Å². The van der Waals surface area contributed by atoms with Crippen molar-refractivity contribution < 1.29 is 0 Å². The molecule has 66 valence electrons. The number of aryl methyl sites for hydroxylation is 1. The van der Waals surface area contributed by atoms with E-state index in [1.165, 1.54) is 16.7 Å². The van der Waals surface area contributed by atoms with E-state index in [-0.39, 0.29) is 0 Å². The molecule has 12 heavy (non-hydrogen) atoms. The first-order valence-electron chi connectivity index (χ1n) is 4.03. The van der Waals surface area contributed by atoms with Crippen LogP contribution >= 0.6 is 45.2 Å². The summed E-state index contributed by atoms with van der Waals surface area (Å²) < 4.78 is 2.24. The molecule has 2 heteroatoms. The SMILES string of the molecule is CCc1cc(CI)cc(CI)c1. The lowest BCUT2D eigenvalue weighted by molar-refractivity contribution is 1.12. The van der Waals surface area contributed by atoms with Gasteiger partial charge in [-0.25, -0.2) is 0 Å². The fourth-order valence-corrected chi connectivity index (χ4v) is 2.08. The topological polar surface area (TPSA) is 0 Å². The Balaban J connectivity index is 3.01. The largest absolute Gasteiger partial charge is 0.0812 e. The van der Waals surface area contributed by atoms with Crippen LogP contribution in [0.3, 0.4) is 0 Å². The lowest BCUT2D eigenvalue weighted by Crippen LogP contribution is -1.88. The molecule has 0 N–H and O–H groups in total. The van der Waals surface area contributed by atoms with E-state index in [4.69, 9.17) is 0 Å². The van der Waals surface area contributed by atoms with Crippen LogP contribution < -0.4 is 0 Å². The summed E-state index contributed by atoms with van der Waals surface area (Å²) in [4.78, 5) is 0. The third-order valence-electron chi connectivity index (χ3n) is 1.83. The Morgan fingerprint density at radius 3 is 1.67 bits per heavy atom. The second kappa shape index (κ2) is 5.42. The minimum atomic E-state index is 1.12. The van der Waals surface area contributed by atoms with Crippen molar-refractivity contribution in [2.45, 2.75) is 22.2 Å². The zero-order valence-electron chi connectivity index (χ0n) is 7.11. The van der Waals surface area contributed by atoms with E-state index in [2.05, 4.69) is 70.3 Å². The van der Waals surface area contributed by atoms with E-state index in [0.29, 0.717) is 0 Å². The van der Waals surface area contributed by atoms with Crippen molar-refractivity contribution in [2.24, 2.45) is 0 Å². The molecule has 0 fully saturated rings. The molecule has 0 heterocycles. The monoisotopic (exact) mass is 386 g/mol. The minimum Gasteiger partial charge on any atom is -0.0812 e. The van der Waals surface area contributed by atoms with Gasteiger partial charge in [0, 0.05) is 8.86 Å². The highest BCUT2D eigenvalue weighted by molar-refractivity contribution is 14.1. The molecule has 0 saturated carbocycles. The van der Waals surface area contributed by atoms with Gasteiger partial charge in [-0.05, 0) is 23.1 Å². The zero-order valence-corrected chi connectivity index (χ0v) is 11.4. The van der Waals surface area contributed by atoms with Gasteiger partial charge in [0.05, 0.1) is 0 Å². The molecule has 1 rings (SSSR count). The maximum Gasteiger partial charge on any atom is 0.0247 e. The van der Waals surface area contributed by atoms with Gasteiger partial charge < -0.3 is 0 Å². The van der Waals surface area contributed by atoms with Gasteiger partial charge in [-0.3, -0.25) is 0 Å². The average molecular weight is 386 g/mol. The molecule has 0 saturated heterocycles. The molecular weight excluding hydrogens is 374 g/mol. The number of hydrogen-bond acceptors (Lipinski definition) is 0. The van der Waals surface area contributed by atoms with Crippen LogP contribution in [-0.2, 0) is 15.3 Å². The van der Waals surface area contributed by atoms with Crippen LogP contribution in [0, 0.1) is 0 Å². The van der Waals surface area contributed by atoms with E-state index in [9.17, 15) is 0 Å². The third-order valence-corrected chi connectivity index (χ3v) is 3.59. The lowest BCUT2D eigenvalue weighted by Gasteiger charge is -2.04. The first-order valence-corrected chi connectivity index (χ1v) is 7.09. The molecule has 0 aliphatic heterocycles. The Labute approximate surface area is 101 Å². The molecule has 0 aromatic heterocycles. The van der Waals surface area contributed by atoms with Gasteiger partial charge in [-0.1, -0.05) is 70.3 Å². The summed E-state index contributed by atoms with van der Waals surface area (Å²) in [6.07, 6.45) is 1.15. The molecule has 0 radical (unpaired) electrons. The second-order valence-corrected chi connectivity index (χ2v) is 4.30. The first-order chi connectivity index (χ1) is 5.80. The molecule has 1 aromatic carbocycles. The van der Waals surface area contributed by atoms with E-state index in [1.807, 2.05) is 0 Å². The number of rotatable bonds is 3. The summed E-state index contributed by atoms with van der Waals surface area (Å²) in [6, 6.07) is 6.92. The summed E-state index contributed by atoms with van der Waals surface area (Å²) in [5.74, 6) is 0. The molecule has 0 unspecified atom stereocenters. The van der Waals surface area contributed by atoms with Gasteiger partial charge in [0.15, 0.2) is 0 Å². The quantitative estimate of drug-likeness (QED) is 0.542. The van der Waals surface area contributed by atoms with Crippen molar-refractivity contribution in [3.63, 3.8) is 0 Å². The van der Waals surface area contributed by atoms with Gasteiger partial charge >= 0.3 is 0 Å². The summed E-state index contributed by atoms with van der Waals surface area (Å²) >= 11 is 4.83. The van der Waals surface area contributed by atoms with Crippen molar-refractivity contribution in [2.75, 3.05) is 0 Å². The maximum absolute atomic E-state index is 2.42. The Bertz CT molecular complexity index is 201. The molecule has 0 aliphatic carbocycles. The fraction of sp³-hybridized carbons (Fsp3) is 0.400. The van der Waals surface area contributed by atoms with Crippen LogP contribution in [0.4, 0.5) is 0 Å². The average Bonchev–Trinajstić information content (AvgIpc) is 2.16. The van der Waals surface area contributed by atoms with Gasteiger partial charge in [0.25, 0.3) is 0 Å². The molecule has 0 spiro atoms. The summed E-state index contributed by atoms with van der Waals surface area (Å²) in [5.41, 5.74) is 4.39. The minimum absolute atomic E-state index is 1.12. The molecular formula is C10H12I2. The number of halogens is 2. The molecule has 0 atom stereocenters. The standard InChI is InChI=1S/C10H12I2/c1-2-8-3-9(6-11)5-10(4-8)7-12/h3-5H,2,6-7H2,1H3. The fourth-order valence-electron chi connectivity index (χ4n) is 1.20. The van der Waals surface area contributed by atoms with Crippen molar-refractivity contribution in [1.29, 1.82) is 0 Å². The van der Waals surface area contributed by atoms with Crippen LogP contribution in [0.25, 0.3) is 0 Å². The van der Waals surface area contributed by atoms with Crippen molar-refractivity contribution in [3.8, 4) is 0 Å². The summed E-state index contributed by atoms with van der Waals surface area (Å²) in [7, 11) is 0. The molecule has 0 nitrogen and oxygen atoms in total. The van der Waals surface area contributed by atoms with Crippen LogP contribution in [0.1, 0.15) is 23.6 Å². The van der Waals surface area contributed by atoms with Crippen LogP contribution in [0.2, 0.25) is 0 Å².